The van der Waals surface area contributed by atoms with Crippen LogP contribution in [0.3, 0.4) is 0 Å². The van der Waals surface area contributed by atoms with E-state index in [0.29, 0.717) is 13.1 Å². The smallest absolute Gasteiger partial charge is 0.318 e. The van der Waals surface area contributed by atoms with Gasteiger partial charge in [0, 0.05) is 31.5 Å². The predicted molar refractivity (Wildman–Crippen MR) is 98.1 cm³/mol. The monoisotopic (exact) mass is 331 g/mol. The van der Waals surface area contributed by atoms with Crippen LogP contribution in [0.2, 0.25) is 0 Å². The van der Waals surface area contributed by atoms with Crippen molar-refractivity contribution in [1.82, 2.24) is 14.8 Å². The van der Waals surface area contributed by atoms with Crippen molar-refractivity contribution in [1.29, 1.82) is 0 Å². The number of nitrogens with zero attached hydrogens (tertiary/aromatic N) is 2. The third-order valence-corrected chi connectivity index (χ3v) is 4.70. The van der Waals surface area contributed by atoms with Crippen LogP contribution in [0.5, 0.6) is 0 Å². The zero-order valence-corrected chi connectivity index (χ0v) is 14.0. The van der Waals surface area contributed by atoms with Crippen LogP contribution < -0.4 is 5.32 Å². The maximum absolute atomic E-state index is 12.9. The van der Waals surface area contributed by atoms with Crippen LogP contribution >= 0.6 is 0 Å². The molecule has 2 heterocycles. The Hall–Kier alpha value is -3.01. The Labute approximate surface area is 147 Å². The molecule has 2 aromatic carbocycles. The van der Waals surface area contributed by atoms with Crippen molar-refractivity contribution in [3.63, 3.8) is 0 Å². The van der Waals surface area contributed by atoms with Gasteiger partial charge in [0.2, 0.25) is 0 Å². The van der Waals surface area contributed by atoms with Crippen LogP contribution in [-0.2, 0) is 13.1 Å². The van der Waals surface area contributed by atoms with Gasteiger partial charge >= 0.3 is 6.03 Å². The van der Waals surface area contributed by atoms with Gasteiger partial charge in [-0.15, -0.1) is 0 Å². The second-order valence-corrected chi connectivity index (χ2v) is 6.28. The van der Waals surface area contributed by atoms with E-state index in [9.17, 15) is 4.79 Å². The number of aromatic nitrogens is 1. The topological polar surface area (TPSA) is 37.3 Å². The third kappa shape index (κ3) is 3.15. The molecule has 3 aromatic rings. The van der Waals surface area contributed by atoms with Gasteiger partial charge in [-0.3, -0.25) is 0 Å². The molecule has 0 radical (unpaired) electrons. The van der Waals surface area contributed by atoms with Crippen molar-refractivity contribution < 1.29 is 4.79 Å². The molecule has 0 bridgehead atoms. The first-order valence-corrected chi connectivity index (χ1v) is 8.61. The summed E-state index contributed by atoms with van der Waals surface area (Å²) in [7, 11) is 0. The molecule has 4 heteroatoms. The Morgan fingerprint density at radius 1 is 0.920 bits per heavy atom. The van der Waals surface area contributed by atoms with E-state index in [2.05, 4.69) is 40.3 Å². The molecule has 25 heavy (non-hydrogen) atoms. The maximum atomic E-state index is 12.9. The molecule has 4 rings (SSSR count). The Balaban J connectivity index is 1.58. The van der Waals surface area contributed by atoms with E-state index in [-0.39, 0.29) is 12.1 Å². The molecular weight excluding hydrogens is 310 g/mol. The first-order valence-electron chi connectivity index (χ1n) is 8.61. The molecule has 1 aliphatic heterocycles. The Kier molecular flexibility index (Phi) is 4.25. The quantitative estimate of drug-likeness (QED) is 0.779. The number of carbonyl (C=O) groups excluding carboxylic acids is 1. The highest BCUT2D eigenvalue weighted by Crippen LogP contribution is 2.32. The highest BCUT2D eigenvalue weighted by Gasteiger charge is 2.31. The van der Waals surface area contributed by atoms with E-state index < -0.39 is 0 Å². The first-order chi connectivity index (χ1) is 12.3. The van der Waals surface area contributed by atoms with Crippen molar-refractivity contribution in [2.45, 2.75) is 19.1 Å². The molecule has 126 valence electrons. The van der Waals surface area contributed by atoms with Crippen molar-refractivity contribution in [2.24, 2.45) is 0 Å². The van der Waals surface area contributed by atoms with Gasteiger partial charge in [-0.25, -0.2) is 4.79 Å². The molecule has 0 saturated carbocycles. The standard InChI is InChI=1S/C21H21N3O/c25-21(22-16-17-8-3-1-4-9-17)24-15-14-23-13-7-12-19(23)20(24)18-10-5-2-6-11-18/h1-13,20H,14-16H2,(H,22,25)/t20-/m1/s1. The van der Waals surface area contributed by atoms with Crippen molar-refractivity contribution in [3.8, 4) is 0 Å². The van der Waals surface area contributed by atoms with Gasteiger partial charge in [0.25, 0.3) is 0 Å². The lowest BCUT2D eigenvalue weighted by atomic mass is 10.0. The van der Waals surface area contributed by atoms with Crippen molar-refractivity contribution in [3.05, 3.63) is 95.8 Å². The molecule has 2 amide bonds. The fourth-order valence-electron chi connectivity index (χ4n) is 3.46. The molecule has 0 aliphatic carbocycles. The molecule has 0 saturated heterocycles. The average molecular weight is 331 g/mol. The molecule has 0 spiro atoms. The number of nitrogens with one attached hydrogen (secondary N) is 1. The van der Waals surface area contributed by atoms with Crippen LogP contribution in [-0.4, -0.2) is 22.0 Å². The summed E-state index contributed by atoms with van der Waals surface area (Å²) >= 11 is 0. The Bertz CT molecular complexity index is 842. The SMILES string of the molecule is O=C(NCc1ccccc1)N1CCn2cccc2[C@H]1c1ccccc1. The summed E-state index contributed by atoms with van der Waals surface area (Å²) < 4.78 is 2.23. The lowest BCUT2D eigenvalue weighted by Crippen LogP contribution is -2.47. The van der Waals surface area contributed by atoms with Gasteiger partial charge in [-0.05, 0) is 23.3 Å². The van der Waals surface area contributed by atoms with Gasteiger partial charge in [0.15, 0.2) is 0 Å². The Morgan fingerprint density at radius 2 is 1.64 bits per heavy atom. The Morgan fingerprint density at radius 3 is 2.40 bits per heavy atom. The predicted octanol–water partition coefficient (Wildman–Crippen LogP) is 3.80. The highest BCUT2D eigenvalue weighted by atomic mass is 16.2. The lowest BCUT2D eigenvalue weighted by Gasteiger charge is -2.37. The minimum atomic E-state index is -0.0549. The average Bonchev–Trinajstić information content (AvgIpc) is 3.15. The van der Waals surface area contributed by atoms with Crippen molar-refractivity contribution >= 4 is 6.03 Å². The minimum Gasteiger partial charge on any atom is -0.348 e. The second kappa shape index (κ2) is 6.85. The van der Waals surface area contributed by atoms with Gasteiger partial charge < -0.3 is 14.8 Å². The van der Waals surface area contributed by atoms with E-state index in [1.54, 1.807) is 0 Å². The molecule has 0 unspecified atom stereocenters. The summed E-state index contributed by atoms with van der Waals surface area (Å²) in [6.45, 7) is 2.06. The summed E-state index contributed by atoms with van der Waals surface area (Å²) in [5, 5.41) is 3.07. The van der Waals surface area contributed by atoms with E-state index >= 15 is 0 Å². The molecule has 1 aliphatic rings. The van der Waals surface area contributed by atoms with Crippen LogP contribution in [0.1, 0.15) is 22.9 Å². The molecule has 4 nitrogen and oxygen atoms in total. The van der Waals surface area contributed by atoms with Crippen LogP contribution in [0, 0.1) is 0 Å². The molecular formula is C21H21N3O. The van der Waals surface area contributed by atoms with Gasteiger partial charge in [-0.1, -0.05) is 60.7 Å². The second-order valence-electron chi connectivity index (χ2n) is 6.28. The van der Waals surface area contributed by atoms with Crippen LogP contribution in [0.4, 0.5) is 4.79 Å². The first kappa shape index (κ1) is 15.5. The lowest BCUT2D eigenvalue weighted by molar-refractivity contribution is 0.168. The van der Waals surface area contributed by atoms with E-state index in [0.717, 1.165) is 23.4 Å². The van der Waals surface area contributed by atoms with Crippen LogP contribution in [0.25, 0.3) is 0 Å². The van der Waals surface area contributed by atoms with Crippen LogP contribution in [0.15, 0.2) is 79.0 Å². The maximum Gasteiger partial charge on any atom is 0.318 e. The number of amides is 2. The summed E-state index contributed by atoms with van der Waals surface area (Å²) in [5.41, 5.74) is 3.40. The molecule has 1 aromatic heterocycles. The zero-order chi connectivity index (χ0) is 17.1. The van der Waals surface area contributed by atoms with E-state index in [1.807, 2.05) is 53.4 Å². The van der Waals surface area contributed by atoms with Gasteiger partial charge in [-0.2, -0.15) is 0 Å². The molecule has 1 N–H and O–H groups in total. The fourth-order valence-corrected chi connectivity index (χ4v) is 3.46. The van der Waals surface area contributed by atoms with E-state index in [1.165, 1.54) is 0 Å². The summed E-state index contributed by atoms with van der Waals surface area (Å²) in [5.74, 6) is 0. The van der Waals surface area contributed by atoms with Crippen molar-refractivity contribution in [2.75, 3.05) is 6.54 Å². The fraction of sp³-hybridized carbons (Fsp3) is 0.190. The molecule has 1 atom stereocenters. The number of urea groups is 1. The largest absolute Gasteiger partial charge is 0.348 e. The number of carbonyl (C=O) groups is 1. The summed E-state index contributed by atoms with van der Waals surface area (Å²) in [6, 6.07) is 24.3. The summed E-state index contributed by atoms with van der Waals surface area (Å²) in [6.07, 6.45) is 2.09. The number of rotatable bonds is 3. The number of fused-ring (bicyclic) bond motifs is 1. The number of hydrogen-bond donors (Lipinski definition) is 1. The number of hydrogen-bond acceptors (Lipinski definition) is 1. The van der Waals surface area contributed by atoms with E-state index in [4.69, 9.17) is 0 Å². The van der Waals surface area contributed by atoms with Gasteiger partial charge in [0.1, 0.15) is 0 Å². The third-order valence-electron chi connectivity index (χ3n) is 4.70. The summed E-state index contributed by atoms with van der Waals surface area (Å²) in [4.78, 5) is 14.8. The molecule has 0 fully saturated rings. The minimum absolute atomic E-state index is 0.0230. The zero-order valence-electron chi connectivity index (χ0n) is 14.0. The normalized spacial score (nSPS) is 16.3. The van der Waals surface area contributed by atoms with Gasteiger partial charge in [0.05, 0.1) is 6.04 Å². The highest BCUT2D eigenvalue weighted by molar-refractivity contribution is 5.75. The number of benzene rings is 2.